The normalized spacial score (nSPS) is 9.77. The molecule has 0 saturated heterocycles. The van der Waals surface area contributed by atoms with E-state index in [0.717, 1.165) is 0 Å². The molecular weight excluding hydrogens is 166 g/mol. The fourth-order valence-electron chi connectivity index (χ4n) is 1.07. The molecule has 1 aromatic heterocycles. The van der Waals surface area contributed by atoms with Crippen molar-refractivity contribution in [2.75, 3.05) is 0 Å². The van der Waals surface area contributed by atoms with Crippen LogP contribution in [0.3, 0.4) is 0 Å². The first-order chi connectivity index (χ1) is 6.31. The molecule has 62 valence electrons. The maximum absolute atomic E-state index is 9.21. The summed E-state index contributed by atoms with van der Waals surface area (Å²) in [5, 5.41) is 17.8. The van der Waals surface area contributed by atoms with Crippen molar-refractivity contribution in [3.05, 3.63) is 30.0 Å². The highest BCUT2D eigenvalue weighted by Gasteiger charge is 2.04. The standard InChI is InChI=1S/C9H5N3O/c10-5-8-9(13)12-7-4-2-1-3-6(7)11-8/h1-4H,(H,12,13). The molecule has 0 saturated carbocycles. The molecule has 1 aromatic carbocycles. The van der Waals surface area contributed by atoms with E-state index in [1.807, 2.05) is 0 Å². The van der Waals surface area contributed by atoms with Crippen LogP contribution in [0, 0.1) is 11.3 Å². The Balaban J connectivity index is 2.83. The highest BCUT2D eigenvalue weighted by molar-refractivity contribution is 5.75. The van der Waals surface area contributed by atoms with Gasteiger partial charge in [0.15, 0.2) is 0 Å². The van der Waals surface area contributed by atoms with E-state index in [1.165, 1.54) is 0 Å². The zero-order valence-corrected chi connectivity index (χ0v) is 6.60. The number of hydrogen-bond donors (Lipinski definition) is 1. The van der Waals surface area contributed by atoms with Gasteiger partial charge in [-0.2, -0.15) is 5.26 Å². The van der Waals surface area contributed by atoms with Crippen LogP contribution < -0.4 is 0 Å². The van der Waals surface area contributed by atoms with Gasteiger partial charge in [-0.15, -0.1) is 0 Å². The van der Waals surface area contributed by atoms with E-state index >= 15 is 0 Å². The number of rotatable bonds is 0. The molecule has 2 aromatic rings. The van der Waals surface area contributed by atoms with Gasteiger partial charge in [0, 0.05) is 0 Å². The number of nitriles is 1. The van der Waals surface area contributed by atoms with Crippen LogP contribution in [0.15, 0.2) is 24.3 Å². The molecule has 0 unspecified atom stereocenters. The average molecular weight is 171 g/mol. The topological polar surface area (TPSA) is 69.8 Å². The lowest BCUT2D eigenvalue weighted by molar-refractivity contribution is 0.451. The third-order valence-corrected chi connectivity index (χ3v) is 1.66. The third kappa shape index (κ3) is 1.16. The van der Waals surface area contributed by atoms with Crippen LogP contribution in [0.5, 0.6) is 5.88 Å². The number of nitrogens with zero attached hydrogens (tertiary/aromatic N) is 3. The largest absolute Gasteiger partial charge is 0.491 e. The number of aromatic nitrogens is 2. The molecule has 2 rings (SSSR count). The van der Waals surface area contributed by atoms with Crippen molar-refractivity contribution in [1.29, 1.82) is 5.26 Å². The maximum atomic E-state index is 9.21. The first-order valence-corrected chi connectivity index (χ1v) is 3.67. The molecule has 4 heteroatoms. The molecule has 1 heterocycles. The van der Waals surface area contributed by atoms with Gasteiger partial charge in [-0.1, -0.05) is 12.1 Å². The Morgan fingerprint density at radius 2 is 1.77 bits per heavy atom. The van der Waals surface area contributed by atoms with Gasteiger partial charge < -0.3 is 5.11 Å². The number of fused-ring (bicyclic) bond motifs is 1. The van der Waals surface area contributed by atoms with Crippen LogP contribution in [0.25, 0.3) is 11.0 Å². The minimum Gasteiger partial charge on any atom is -0.491 e. The Morgan fingerprint density at radius 3 is 2.38 bits per heavy atom. The van der Waals surface area contributed by atoms with Gasteiger partial charge in [0.2, 0.25) is 11.6 Å². The molecule has 0 spiro atoms. The second kappa shape index (κ2) is 2.72. The molecular formula is C9H5N3O. The van der Waals surface area contributed by atoms with Gasteiger partial charge in [-0.25, -0.2) is 9.97 Å². The smallest absolute Gasteiger partial charge is 0.249 e. The first-order valence-electron chi connectivity index (χ1n) is 3.67. The van der Waals surface area contributed by atoms with E-state index < -0.39 is 0 Å². The van der Waals surface area contributed by atoms with Crippen LogP contribution in [0.1, 0.15) is 5.69 Å². The highest BCUT2D eigenvalue weighted by Crippen LogP contribution is 2.15. The van der Waals surface area contributed by atoms with Crippen LogP contribution in [-0.4, -0.2) is 15.1 Å². The summed E-state index contributed by atoms with van der Waals surface area (Å²) < 4.78 is 0. The fraction of sp³-hybridized carbons (Fsp3) is 0. The number of benzene rings is 1. The van der Waals surface area contributed by atoms with Crippen molar-refractivity contribution in [3.8, 4) is 11.9 Å². The van der Waals surface area contributed by atoms with Crippen LogP contribution in [-0.2, 0) is 0 Å². The minimum atomic E-state index is -0.318. The van der Waals surface area contributed by atoms with Gasteiger partial charge in [-0.3, -0.25) is 0 Å². The molecule has 0 amide bonds. The zero-order valence-electron chi connectivity index (χ0n) is 6.60. The molecule has 4 nitrogen and oxygen atoms in total. The van der Waals surface area contributed by atoms with E-state index in [-0.39, 0.29) is 11.6 Å². The molecule has 0 aliphatic heterocycles. The molecule has 0 aliphatic carbocycles. The van der Waals surface area contributed by atoms with Crippen LogP contribution in [0.2, 0.25) is 0 Å². The first kappa shape index (κ1) is 7.50. The molecule has 0 aliphatic rings. The van der Waals surface area contributed by atoms with Crippen molar-refractivity contribution in [3.63, 3.8) is 0 Å². The average Bonchev–Trinajstić information content (AvgIpc) is 2.17. The molecule has 1 N–H and O–H groups in total. The second-order valence-electron chi connectivity index (χ2n) is 2.50. The number of aromatic hydroxyl groups is 1. The van der Waals surface area contributed by atoms with Crippen molar-refractivity contribution in [2.24, 2.45) is 0 Å². The summed E-state index contributed by atoms with van der Waals surface area (Å²) >= 11 is 0. The predicted molar refractivity (Wildman–Crippen MR) is 45.9 cm³/mol. The Labute approximate surface area is 74.1 Å². The number of hydrogen-bond acceptors (Lipinski definition) is 4. The van der Waals surface area contributed by atoms with E-state index in [0.29, 0.717) is 11.0 Å². The fourth-order valence-corrected chi connectivity index (χ4v) is 1.07. The number of para-hydroxylation sites is 2. The summed E-state index contributed by atoms with van der Waals surface area (Å²) in [6, 6.07) is 8.82. The Kier molecular flexibility index (Phi) is 1.57. The van der Waals surface area contributed by atoms with E-state index in [9.17, 15) is 5.11 Å². The third-order valence-electron chi connectivity index (χ3n) is 1.66. The lowest BCUT2D eigenvalue weighted by atomic mass is 10.3. The maximum Gasteiger partial charge on any atom is 0.249 e. The highest BCUT2D eigenvalue weighted by atomic mass is 16.3. The van der Waals surface area contributed by atoms with Gasteiger partial charge in [0.1, 0.15) is 6.07 Å². The van der Waals surface area contributed by atoms with Crippen LogP contribution >= 0.6 is 0 Å². The van der Waals surface area contributed by atoms with E-state index in [1.54, 1.807) is 30.3 Å². The summed E-state index contributed by atoms with van der Waals surface area (Å²) in [5.74, 6) is -0.318. The summed E-state index contributed by atoms with van der Waals surface area (Å²) in [7, 11) is 0. The van der Waals surface area contributed by atoms with Crippen molar-refractivity contribution < 1.29 is 5.11 Å². The molecule has 0 bridgehead atoms. The summed E-state index contributed by atoms with van der Waals surface area (Å²) in [4.78, 5) is 7.74. The Morgan fingerprint density at radius 1 is 1.15 bits per heavy atom. The van der Waals surface area contributed by atoms with Crippen LogP contribution in [0.4, 0.5) is 0 Å². The monoisotopic (exact) mass is 171 g/mol. The van der Waals surface area contributed by atoms with Gasteiger partial charge in [0.05, 0.1) is 11.0 Å². The zero-order chi connectivity index (χ0) is 9.26. The second-order valence-corrected chi connectivity index (χ2v) is 2.50. The lowest BCUT2D eigenvalue weighted by Gasteiger charge is -1.97. The Hall–Kier alpha value is -2.15. The van der Waals surface area contributed by atoms with Crippen molar-refractivity contribution in [2.45, 2.75) is 0 Å². The Bertz CT molecular complexity index is 502. The predicted octanol–water partition coefficient (Wildman–Crippen LogP) is 1.21. The van der Waals surface area contributed by atoms with E-state index in [4.69, 9.17) is 5.26 Å². The molecule has 0 atom stereocenters. The van der Waals surface area contributed by atoms with Gasteiger partial charge >= 0.3 is 0 Å². The molecule has 0 radical (unpaired) electrons. The summed E-state index contributed by atoms with van der Waals surface area (Å²) in [5.41, 5.74) is 1.15. The summed E-state index contributed by atoms with van der Waals surface area (Å²) in [6.45, 7) is 0. The van der Waals surface area contributed by atoms with E-state index in [2.05, 4.69) is 9.97 Å². The quantitative estimate of drug-likeness (QED) is 0.646. The molecule has 0 fully saturated rings. The van der Waals surface area contributed by atoms with Gasteiger partial charge in [-0.05, 0) is 12.1 Å². The molecule has 13 heavy (non-hydrogen) atoms. The SMILES string of the molecule is N#Cc1nc2ccccc2nc1O. The summed E-state index contributed by atoms with van der Waals surface area (Å²) in [6.07, 6.45) is 0. The van der Waals surface area contributed by atoms with Gasteiger partial charge in [0.25, 0.3) is 0 Å². The van der Waals surface area contributed by atoms with Crippen molar-refractivity contribution >= 4 is 11.0 Å². The minimum absolute atomic E-state index is 0.0429. The lowest BCUT2D eigenvalue weighted by Crippen LogP contribution is -1.89. The van der Waals surface area contributed by atoms with Crippen molar-refractivity contribution in [1.82, 2.24) is 9.97 Å².